The molecule has 16 heavy (non-hydrogen) atoms. The quantitative estimate of drug-likeness (QED) is 0.644. The number of ketones is 1. The maximum Gasteiger partial charge on any atom is 0.159 e. The van der Waals surface area contributed by atoms with Gasteiger partial charge in [-0.3, -0.25) is 4.79 Å². The van der Waals surface area contributed by atoms with E-state index in [0.717, 1.165) is 10.9 Å². The van der Waals surface area contributed by atoms with E-state index in [-0.39, 0.29) is 5.78 Å². The zero-order valence-electron chi connectivity index (χ0n) is 10.4. The van der Waals surface area contributed by atoms with Crippen molar-refractivity contribution in [1.29, 1.82) is 0 Å². The first-order valence-electron chi connectivity index (χ1n) is 5.68. The molecule has 84 valence electrons. The van der Waals surface area contributed by atoms with Crippen LogP contribution in [0.4, 0.5) is 0 Å². The van der Waals surface area contributed by atoms with Crippen molar-refractivity contribution in [2.24, 2.45) is 0 Å². The number of fused-ring (bicyclic) bond motifs is 1. The number of carbonyl (C=O) groups excluding carboxylic acids is 1. The lowest BCUT2D eigenvalue weighted by atomic mass is 10.0. The first-order valence-corrected chi connectivity index (χ1v) is 5.68. The normalized spacial score (nSPS) is 9.50. The molecule has 0 aromatic heterocycles. The van der Waals surface area contributed by atoms with Crippen molar-refractivity contribution in [3.63, 3.8) is 0 Å². The van der Waals surface area contributed by atoms with E-state index in [4.69, 9.17) is 0 Å². The van der Waals surface area contributed by atoms with E-state index in [0.29, 0.717) is 0 Å². The van der Waals surface area contributed by atoms with Gasteiger partial charge in [0.2, 0.25) is 0 Å². The number of benzene rings is 2. The summed E-state index contributed by atoms with van der Waals surface area (Å²) in [6, 6.07) is 12.1. The van der Waals surface area contributed by atoms with E-state index in [1.54, 1.807) is 6.92 Å². The van der Waals surface area contributed by atoms with Crippen molar-refractivity contribution in [2.75, 3.05) is 0 Å². The Balaban J connectivity index is 0.000000606. The second kappa shape index (κ2) is 5.45. The Bertz CT molecular complexity index is 498. The molecule has 2 aromatic carbocycles. The minimum absolute atomic E-state index is 0.118. The maximum absolute atomic E-state index is 11.2. The highest BCUT2D eigenvalue weighted by molar-refractivity contribution is 5.98. The lowest BCUT2D eigenvalue weighted by Crippen LogP contribution is -1.90. The Morgan fingerprint density at radius 1 is 0.938 bits per heavy atom. The third-order valence-corrected chi connectivity index (χ3v) is 2.40. The van der Waals surface area contributed by atoms with Crippen molar-refractivity contribution in [3.05, 3.63) is 47.5 Å². The molecule has 0 radical (unpaired) electrons. The zero-order valence-corrected chi connectivity index (χ0v) is 10.4. The average Bonchev–Trinajstić information content (AvgIpc) is 2.30. The van der Waals surface area contributed by atoms with Crippen LogP contribution in [-0.4, -0.2) is 5.78 Å². The van der Waals surface area contributed by atoms with Gasteiger partial charge in [0.1, 0.15) is 0 Å². The molecular formula is C15H18O. The summed E-state index contributed by atoms with van der Waals surface area (Å²) in [6.45, 7) is 7.66. The molecule has 0 fully saturated rings. The Labute approximate surface area is 97.1 Å². The predicted molar refractivity (Wildman–Crippen MR) is 70.0 cm³/mol. The fraction of sp³-hybridized carbons (Fsp3) is 0.267. The van der Waals surface area contributed by atoms with E-state index in [2.05, 4.69) is 25.1 Å². The lowest BCUT2D eigenvalue weighted by molar-refractivity contribution is 0.101. The number of rotatable bonds is 1. The Hall–Kier alpha value is -1.63. The van der Waals surface area contributed by atoms with Gasteiger partial charge in [0.05, 0.1) is 0 Å². The Morgan fingerprint density at radius 2 is 1.50 bits per heavy atom. The molecule has 1 heteroatoms. The van der Waals surface area contributed by atoms with Crippen LogP contribution in [0.3, 0.4) is 0 Å². The Kier molecular flexibility index (Phi) is 4.24. The summed E-state index contributed by atoms with van der Waals surface area (Å²) in [7, 11) is 0. The molecule has 0 amide bonds. The molecule has 0 N–H and O–H groups in total. The molecule has 0 heterocycles. The molecule has 0 aliphatic heterocycles. The number of aryl methyl sites for hydroxylation is 1. The van der Waals surface area contributed by atoms with E-state index in [1.165, 1.54) is 10.9 Å². The van der Waals surface area contributed by atoms with Crippen molar-refractivity contribution < 1.29 is 4.79 Å². The van der Waals surface area contributed by atoms with Gasteiger partial charge < -0.3 is 0 Å². The molecule has 0 spiro atoms. The van der Waals surface area contributed by atoms with Crippen LogP contribution >= 0.6 is 0 Å². The number of carbonyl (C=O) groups is 1. The minimum atomic E-state index is 0.118. The van der Waals surface area contributed by atoms with Gasteiger partial charge >= 0.3 is 0 Å². The highest BCUT2D eigenvalue weighted by Crippen LogP contribution is 2.17. The SMILES string of the molecule is CC.CC(=O)c1ccc2cc(C)ccc2c1. The third kappa shape index (κ3) is 2.69. The minimum Gasteiger partial charge on any atom is -0.295 e. The fourth-order valence-corrected chi connectivity index (χ4v) is 1.58. The van der Waals surface area contributed by atoms with Crippen molar-refractivity contribution in [1.82, 2.24) is 0 Å². The van der Waals surface area contributed by atoms with Gasteiger partial charge in [-0.2, -0.15) is 0 Å². The van der Waals surface area contributed by atoms with E-state index in [9.17, 15) is 4.79 Å². The van der Waals surface area contributed by atoms with Crippen molar-refractivity contribution >= 4 is 16.6 Å². The molecule has 0 saturated heterocycles. The first kappa shape index (κ1) is 12.4. The number of hydrogen-bond donors (Lipinski definition) is 0. The van der Waals surface area contributed by atoms with Gasteiger partial charge in [0.15, 0.2) is 5.78 Å². The summed E-state index contributed by atoms with van der Waals surface area (Å²) < 4.78 is 0. The standard InChI is InChI=1S/C13H12O.C2H6/c1-9-3-4-13-8-11(10(2)14)5-6-12(13)7-9;1-2/h3-8H,1-2H3;1-2H3. The molecule has 1 nitrogen and oxygen atoms in total. The van der Waals surface area contributed by atoms with Gasteiger partial charge in [0, 0.05) is 5.56 Å². The summed E-state index contributed by atoms with van der Waals surface area (Å²) in [5.41, 5.74) is 2.02. The number of hydrogen-bond acceptors (Lipinski definition) is 1. The molecule has 0 saturated carbocycles. The van der Waals surface area contributed by atoms with Crippen LogP contribution in [0.1, 0.15) is 36.7 Å². The van der Waals surface area contributed by atoms with Crippen molar-refractivity contribution in [2.45, 2.75) is 27.7 Å². The van der Waals surface area contributed by atoms with Crippen LogP contribution in [0.15, 0.2) is 36.4 Å². The molecule has 0 aliphatic rings. The van der Waals surface area contributed by atoms with Gasteiger partial charge in [-0.25, -0.2) is 0 Å². The highest BCUT2D eigenvalue weighted by Gasteiger charge is 2.00. The van der Waals surface area contributed by atoms with Crippen LogP contribution in [0.2, 0.25) is 0 Å². The first-order chi connectivity index (χ1) is 7.66. The van der Waals surface area contributed by atoms with E-state index in [1.807, 2.05) is 32.0 Å². The van der Waals surface area contributed by atoms with Gasteiger partial charge in [0.25, 0.3) is 0 Å². The predicted octanol–water partition coefficient (Wildman–Crippen LogP) is 4.38. The molecular weight excluding hydrogens is 196 g/mol. The van der Waals surface area contributed by atoms with Crippen LogP contribution < -0.4 is 0 Å². The van der Waals surface area contributed by atoms with Gasteiger partial charge in [-0.1, -0.05) is 49.7 Å². The number of Topliss-reactive ketones (excluding diaryl/α,β-unsaturated/α-hetero) is 1. The maximum atomic E-state index is 11.2. The van der Waals surface area contributed by atoms with Crippen LogP contribution in [-0.2, 0) is 0 Å². The largest absolute Gasteiger partial charge is 0.295 e. The monoisotopic (exact) mass is 214 g/mol. The fourth-order valence-electron chi connectivity index (χ4n) is 1.58. The van der Waals surface area contributed by atoms with Gasteiger partial charge in [-0.15, -0.1) is 0 Å². The van der Waals surface area contributed by atoms with E-state index >= 15 is 0 Å². The summed E-state index contributed by atoms with van der Waals surface area (Å²) in [5.74, 6) is 0.118. The summed E-state index contributed by atoms with van der Waals surface area (Å²) in [4.78, 5) is 11.2. The topological polar surface area (TPSA) is 17.1 Å². The van der Waals surface area contributed by atoms with Crippen LogP contribution in [0, 0.1) is 6.92 Å². The summed E-state index contributed by atoms with van der Waals surface area (Å²) >= 11 is 0. The molecule has 0 atom stereocenters. The molecule has 0 aliphatic carbocycles. The highest BCUT2D eigenvalue weighted by atomic mass is 16.1. The van der Waals surface area contributed by atoms with E-state index < -0.39 is 0 Å². The Morgan fingerprint density at radius 3 is 2.12 bits per heavy atom. The zero-order chi connectivity index (χ0) is 12.1. The summed E-state index contributed by atoms with van der Waals surface area (Å²) in [5, 5.41) is 2.32. The molecule has 0 bridgehead atoms. The molecule has 0 unspecified atom stereocenters. The molecule has 2 rings (SSSR count). The van der Waals surface area contributed by atoms with Crippen molar-refractivity contribution in [3.8, 4) is 0 Å². The van der Waals surface area contributed by atoms with Crippen LogP contribution in [0.5, 0.6) is 0 Å². The van der Waals surface area contributed by atoms with Crippen LogP contribution in [0.25, 0.3) is 10.8 Å². The second-order valence-corrected chi connectivity index (χ2v) is 3.62. The summed E-state index contributed by atoms with van der Waals surface area (Å²) in [6.07, 6.45) is 0. The smallest absolute Gasteiger partial charge is 0.159 e. The molecule has 2 aromatic rings. The average molecular weight is 214 g/mol. The van der Waals surface area contributed by atoms with Gasteiger partial charge in [-0.05, 0) is 30.7 Å². The second-order valence-electron chi connectivity index (χ2n) is 3.62. The lowest BCUT2D eigenvalue weighted by Gasteiger charge is -2.01. The third-order valence-electron chi connectivity index (χ3n) is 2.40.